The van der Waals surface area contributed by atoms with E-state index in [0.717, 1.165) is 16.5 Å². The number of benzene rings is 1. The van der Waals surface area contributed by atoms with Gasteiger partial charge in [-0.2, -0.15) is 0 Å². The van der Waals surface area contributed by atoms with Gasteiger partial charge in [-0.15, -0.1) is 0 Å². The van der Waals surface area contributed by atoms with Crippen LogP contribution in [-0.2, 0) is 7.05 Å². The first kappa shape index (κ1) is 8.81. The molecule has 0 aliphatic carbocycles. The van der Waals surface area contributed by atoms with E-state index < -0.39 is 5.97 Å². The fourth-order valence-corrected chi connectivity index (χ4v) is 1.83. The number of aryl methyl sites for hydroxylation is 2. The van der Waals surface area contributed by atoms with Crippen LogP contribution < -0.4 is 0 Å². The number of aromatic nitrogens is 1. The third-order valence-corrected chi connectivity index (χ3v) is 2.48. The van der Waals surface area contributed by atoms with Crippen LogP contribution in [0.2, 0.25) is 0 Å². The van der Waals surface area contributed by atoms with Gasteiger partial charge in [0, 0.05) is 12.4 Å². The summed E-state index contributed by atoms with van der Waals surface area (Å²) in [5.74, 6) is -0.886. The van der Waals surface area contributed by atoms with Crippen LogP contribution in [0.3, 0.4) is 0 Å². The monoisotopic (exact) mass is 189 g/mol. The SMILES string of the molecule is Cc1cccc2cc(C(=O)O)n(C)c12. The highest BCUT2D eigenvalue weighted by Gasteiger charge is 2.12. The largest absolute Gasteiger partial charge is 0.477 e. The molecule has 0 fully saturated rings. The number of carboxylic acid groups (broad SMARTS) is 1. The molecule has 1 aromatic heterocycles. The van der Waals surface area contributed by atoms with Crippen molar-refractivity contribution >= 4 is 16.9 Å². The zero-order valence-corrected chi connectivity index (χ0v) is 8.11. The molecule has 0 spiro atoms. The fraction of sp³-hybridized carbons (Fsp3) is 0.182. The summed E-state index contributed by atoms with van der Waals surface area (Å²) in [5.41, 5.74) is 2.41. The molecular weight excluding hydrogens is 178 g/mol. The quantitative estimate of drug-likeness (QED) is 0.747. The molecule has 0 amide bonds. The third kappa shape index (κ3) is 1.09. The summed E-state index contributed by atoms with van der Waals surface area (Å²) in [6.45, 7) is 1.98. The Morgan fingerprint density at radius 1 is 1.43 bits per heavy atom. The number of aromatic carboxylic acids is 1. The molecule has 0 bridgehead atoms. The summed E-state index contributed by atoms with van der Waals surface area (Å²) in [4.78, 5) is 10.9. The minimum Gasteiger partial charge on any atom is -0.477 e. The number of para-hydroxylation sites is 1. The van der Waals surface area contributed by atoms with E-state index in [-0.39, 0.29) is 0 Å². The van der Waals surface area contributed by atoms with E-state index >= 15 is 0 Å². The fourth-order valence-electron chi connectivity index (χ4n) is 1.83. The highest BCUT2D eigenvalue weighted by Crippen LogP contribution is 2.21. The molecule has 0 saturated carbocycles. The van der Waals surface area contributed by atoms with Crippen molar-refractivity contribution in [2.45, 2.75) is 6.92 Å². The number of nitrogens with zero attached hydrogens (tertiary/aromatic N) is 1. The first-order chi connectivity index (χ1) is 6.61. The molecule has 0 radical (unpaired) electrons. The average Bonchev–Trinajstić information content (AvgIpc) is 2.45. The van der Waals surface area contributed by atoms with Crippen molar-refractivity contribution in [2.24, 2.45) is 7.05 Å². The van der Waals surface area contributed by atoms with Crippen LogP contribution in [0, 0.1) is 6.92 Å². The molecule has 14 heavy (non-hydrogen) atoms. The number of rotatable bonds is 1. The molecular formula is C11H11NO2. The summed E-state index contributed by atoms with van der Waals surface area (Å²) < 4.78 is 1.72. The molecule has 3 heteroatoms. The molecule has 3 nitrogen and oxygen atoms in total. The molecule has 2 rings (SSSR count). The summed E-state index contributed by atoms with van der Waals surface area (Å²) in [7, 11) is 1.78. The minimum atomic E-state index is -0.886. The zero-order chi connectivity index (χ0) is 10.3. The minimum absolute atomic E-state index is 0.328. The molecule has 0 aliphatic heterocycles. The predicted molar refractivity (Wildman–Crippen MR) is 54.6 cm³/mol. The highest BCUT2D eigenvalue weighted by atomic mass is 16.4. The Morgan fingerprint density at radius 2 is 2.14 bits per heavy atom. The van der Waals surface area contributed by atoms with Crippen LogP contribution in [0.4, 0.5) is 0 Å². The Balaban J connectivity index is 2.87. The lowest BCUT2D eigenvalue weighted by Crippen LogP contribution is -2.03. The van der Waals surface area contributed by atoms with E-state index in [1.807, 2.05) is 25.1 Å². The van der Waals surface area contributed by atoms with Crippen molar-refractivity contribution in [3.8, 4) is 0 Å². The number of hydrogen-bond donors (Lipinski definition) is 1. The summed E-state index contributed by atoms with van der Waals surface area (Å²) in [6, 6.07) is 7.54. The van der Waals surface area contributed by atoms with E-state index in [0.29, 0.717) is 5.69 Å². The van der Waals surface area contributed by atoms with Gasteiger partial charge in [0.2, 0.25) is 0 Å². The van der Waals surface area contributed by atoms with Gasteiger partial charge in [-0.1, -0.05) is 18.2 Å². The van der Waals surface area contributed by atoms with E-state index in [4.69, 9.17) is 5.11 Å². The van der Waals surface area contributed by atoms with Gasteiger partial charge >= 0.3 is 5.97 Å². The number of carbonyl (C=O) groups is 1. The van der Waals surface area contributed by atoms with Gasteiger partial charge in [-0.3, -0.25) is 0 Å². The molecule has 2 aromatic rings. The molecule has 1 heterocycles. The topological polar surface area (TPSA) is 42.2 Å². The van der Waals surface area contributed by atoms with Gasteiger partial charge < -0.3 is 9.67 Å². The molecule has 1 aromatic carbocycles. The van der Waals surface area contributed by atoms with Gasteiger partial charge in [-0.25, -0.2) is 4.79 Å². The first-order valence-corrected chi connectivity index (χ1v) is 4.39. The zero-order valence-electron chi connectivity index (χ0n) is 8.11. The van der Waals surface area contributed by atoms with E-state index in [1.54, 1.807) is 17.7 Å². The van der Waals surface area contributed by atoms with Gasteiger partial charge in [0.1, 0.15) is 5.69 Å². The normalized spacial score (nSPS) is 10.7. The lowest BCUT2D eigenvalue weighted by Gasteiger charge is -2.01. The van der Waals surface area contributed by atoms with Crippen LogP contribution in [0.15, 0.2) is 24.3 Å². The number of hydrogen-bond acceptors (Lipinski definition) is 1. The van der Waals surface area contributed by atoms with Crippen molar-refractivity contribution in [1.29, 1.82) is 0 Å². The summed E-state index contributed by atoms with van der Waals surface area (Å²) in [5, 5.41) is 9.91. The van der Waals surface area contributed by atoms with Crippen LogP contribution in [-0.4, -0.2) is 15.6 Å². The lowest BCUT2D eigenvalue weighted by atomic mass is 10.2. The molecule has 0 saturated heterocycles. The van der Waals surface area contributed by atoms with Crippen LogP contribution in [0.25, 0.3) is 10.9 Å². The average molecular weight is 189 g/mol. The Labute approximate surface area is 81.6 Å². The number of carboxylic acids is 1. The van der Waals surface area contributed by atoms with Crippen molar-refractivity contribution in [3.05, 3.63) is 35.5 Å². The third-order valence-electron chi connectivity index (χ3n) is 2.48. The van der Waals surface area contributed by atoms with Crippen LogP contribution in [0.1, 0.15) is 16.1 Å². The van der Waals surface area contributed by atoms with Crippen LogP contribution >= 0.6 is 0 Å². The maximum atomic E-state index is 10.9. The van der Waals surface area contributed by atoms with Crippen molar-refractivity contribution in [1.82, 2.24) is 4.57 Å². The van der Waals surface area contributed by atoms with Crippen LogP contribution in [0.5, 0.6) is 0 Å². The van der Waals surface area contributed by atoms with E-state index in [1.165, 1.54) is 0 Å². The smallest absolute Gasteiger partial charge is 0.352 e. The Bertz CT molecular complexity index is 511. The first-order valence-electron chi connectivity index (χ1n) is 4.39. The lowest BCUT2D eigenvalue weighted by molar-refractivity contribution is 0.0687. The second kappa shape index (κ2) is 2.87. The molecule has 0 atom stereocenters. The molecule has 72 valence electrons. The van der Waals surface area contributed by atoms with Crippen molar-refractivity contribution < 1.29 is 9.90 Å². The summed E-state index contributed by atoms with van der Waals surface area (Å²) >= 11 is 0. The highest BCUT2D eigenvalue weighted by molar-refractivity contribution is 5.95. The molecule has 0 unspecified atom stereocenters. The standard InChI is InChI=1S/C11H11NO2/c1-7-4-3-5-8-6-9(11(13)14)12(2)10(7)8/h3-6H,1-2H3,(H,13,14). The maximum Gasteiger partial charge on any atom is 0.352 e. The number of fused-ring (bicyclic) bond motifs is 1. The van der Waals surface area contributed by atoms with Crippen molar-refractivity contribution in [2.75, 3.05) is 0 Å². The predicted octanol–water partition coefficient (Wildman–Crippen LogP) is 2.18. The van der Waals surface area contributed by atoms with Gasteiger partial charge in [-0.05, 0) is 18.6 Å². The van der Waals surface area contributed by atoms with Crippen molar-refractivity contribution in [3.63, 3.8) is 0 Å². The summed E-state index contributed by atoms with van der Waals surface area (Å²) in [6.07, 6.45) is 0. The Morgan fingerprint density at radius 3 is 2.71 bits per heavy atom. The van der Waals surface area contributed by atoms with E-state index in [9.17, 15) is 4.79 Å². The molecule has 0 aliphatic rings. The second-order valence-electron chi connectivity index (χ2n) is 3.41. The van der Waals surface area contributed by atoms with Gasteiger partial charge in [0.05, 0.1) is 5.52 Å². The second-order valence-corrected chi connectivity index (χ2v) is 3.41. The maximum absolute atomic E-state index is 10.9. The van der Waals surface area contributed by atoms with Gasteiger partial charge in [0.25, 0.3) is 0 Å². The van der Waals surface area contributed by atoms with Gasteiger partial charge in [0.15, 0.2) is 0 Å². The Kier molecular flexibility index (Phi) is 1.81. The van der Waals surface area contributed by atoms with E-state index in [2.05, 4.69) is 0 Å². The Hall–Kier alpha value is -1.77. The molecule has 1 N–H and O–H groups in total.